The Balaban J connectivity index is 2.45. The fourth-order valence-electron chi connectivity index (χ4n) is 1.83. The van der Waals surface area contributed by atoms with Crippen LogP contribution < -0.4 is 5.73 Å². The summed E-state index contributed by atoms with van der Waals surface area (Å²) in [4.78, 5) is 0. The average Bonchev–Trinajstić information content (AvgIpc) is 2.07. The van der Waals surface area contributed by atoms with Gasteiger partial charge >= 0.3 is 0 Å². The predicted octanol–water partition coefficient (Wildman–Crippen LogP) is 0.778. The Bertz CT molecular complexity index is 109. The number of piperidine rings is 1. The Morgan fingerprint density at radius 3 is 2.36 bits per heavy atom. The van der Waals surface area contributed by atoms with Crippen LogP contribution in [0, 0.1) is 6.92 Å². The molecule has 2 nitrogen and oxygen atoms in total. The van der Waals surface area contributed by atoms with E-state index in [9.17, 15) is 0 Å². The maximum atomic E-state index is 5.83. The van der Waals surface area contributed by atoms with Crippen LogP contribution in [0.1, 0.15) is 19.8 Å². The van der Waals surface area contributed by atoms with E-state index in [2.05, 4.69) is 13.8 Å². The molecule has 2 N–H and O–H groups in total. The van der Waals surface area contributed by atoms with E-state index in [1.165, 1.54) is 37.0 Å². The third kappa shape index (κ3) is 1.94. The van der Waals surface area contributed by atoms with Gasteiger partial charge in [-0.1, -0.05) is 0 Å². The third-order valence-electron chi connectivity index (χ3n) is 3.09. The summed E-state index contributed by atoms with van der Waals surface area (Å²) < 4.78 is 1.19. The molecule has 1 heterocycles. The molecule has 0 aromatic heterocycles. The summed E-state index contributed by atoms with van der Waals surface area (Å²) in [5.41, 5.74) is 5.83. The zero-order valence-electron chi connectivity index (χ0n) is 7.55. The predicted molar refractivity (Wildman–Crippen MR) is 48.0 cm³/mol. The molecule has 0 aliphatic carbocycles. The highest BCUT2D eigenvalue weighted by Gasteiger charge is 2.28. The van der Waals surface area contributed by atoms with E-state index in [1.54, 1.807) is 0 Å². The van der Waals surface area contributed by atoms with Crippen LogP contribution in [0.5, 0.6) is 0 Å². The Hall–Kier alpha value is -0.0800. The highest BCUT2D eigenvalue weighted by molar-refractivity contribution is 4.66. The SMILES string of the molecule is [CH2]C[N+]1(CC)CCC(N)CC1. The van der Waals surface area contributed by atoms with E-state index in [1.807, 2.05) is 0 Å². The van der Waals surface area contributed by atoms with Crippen molar-refractivity contribution < 1.29 is 4.48 Å². The summed E-state index contributed by atoms with van der Waals surface area (Å²) in [7, 11) is 0. The minimum atomic E-state index is 0.458. The van der Waals surface area contributed by atoms with Gasteiger partial charge in [0.2, 0.25) is 0 Å². The molecule has 2 heteroatoms. The van der Waals surface area contributed by atoms with Crippen molar-refractivity contribution in [3.8, 4) is 0 Å². The molecular weight excluding hydrogens is 136 g/mol. The van der Waals surface area contributed by atoms with Crippen LogP contribution >= 0.6 is 0 Å². The Morgan fingerprint density at radius 2 is 2.00 bits per heavy atom. The number of rotatable bonds is 2. The zero-order valence-corrected chi connectivity index (χ0v) is 7.55. The Labute approximate surface area is 70.0 Å². The number of likely N-dealkylation sites (tertiary alicyclic amines) is 1. The smallest absolute Gasteiger partial charge is 0.0801 e. The van der Waals surface area contributed by atoms with Crippen molar-refractivity contribution in [3.05, 3.63) is 6.92 Å². The second-order valence-electron chi connectivity index (χ2n) is 3.67. The Kier molecular flexibility index (Phi) is 2.90. The summed E-state index contributed by atoms with van der Waals surface area (Å²) in [6.07, 6.45) is 2.37. The first-order valence-corrected chi connectivity index (χ1v) is 4.62. The van der Waals surface area contributed by atoms with Crippen molar-refractivity contribution in [2.45, 2.75) is 25.8 Å². The topological polar surface area (TPSA) is 26.0 Å². The highest BCUT2D eigenvalue weighted by atomic mass is 15.3. The third-order valence-corrected chi connectivity index (χ3v) is 3.09. The van der Waals surface area contributed by atoms with Crippen LogP contribution in [0.4, 0.5) is 0 Å². The number of hydrogen-bond acceptors (Lipinski definition) is 1. The second kappa shape index (κ2) is 3.55. The molecule has 65 valence electrons. The maximum Gasteiger partial charge on any atom is 0.0801 e. The first kappa shape index (κ1) is 9.01. The van der Waals surface area contributed by atoms with Crippen molar-refractivity contribution >= 4 is 0 Å². The molecule has 1 radical (unpaired) electrons. The van der Waals surface area contributed by atoms with Crippen LogP contribution in [0.15, 0.2) is 0 Å². The molecule has 1 aliphatic rings. The summed E-state index contributed by atoms with van der Waals surface area (Å²) in [6.45, 7) is 11.0. The molecule has 0 unspecified atom stereocenters. The molecule has 0 atom stereocenters. The van der Waals surface area contributed by atoms with Crippen molar-refractivity contribution in [2.75, 3.05) is 26.2 Å². The van der Waals surface area contributed by atoms with E-state index in [-0.39, 0.29) is 0 Å². The van der Waals surface area contributed by atoms with Gasteiger partial charge in [-0.15, -0.1) is 0 Å². The number of quaternary nitrogens is 1. The summed E-state index contributed by atoms with van der Waals surface area (Å²) in [6, 6.07) is 0.458. The lowest BCUT2D eigenvalue weighted by Crippen LogP contribution is -2.55. The number of hydrogen-bond donors (Lipinski definition) is 1. The van der Waals surface area contributed by atoms with Crippen molar-refractivity contribution in [2.24, 2.45) is 5.73 Å². The van der Waals surface area contributed by atoms with Crippen LogP contribution in [0.2, 0.25) is 0 Å². The summed E-state index contributed by atoms with van der Waals surface area (Å²) in [5.74, 6) is 0. The van der Waals surface area contributed by atoms with Gasteiger partial charge in [-0.3, -0.25) is 0 Å². The van der Waals surface area contributed by atoms with Gasteiger partial charge in [0.15, 0.2) is 0 Å². The van der Waals surface area contributed by atoms with Crippen molar-refractivity contribution in [3.63, 3.8) is 0 Å². The minimum absolute atomic E-state index is 0.458. The first-order valence-electron chi connectivity index (χ1n) is 4.62. The fourth-order valence-corrected chi connectivity index (χ4v) is 1.83. The summed E-state index contributed by atoms with van der Waals surface area (Å²) >= 11 is 0. The molecule has 1 rings (SSSR count). The molecule has 1 aliphatic heterocycles. The van der Waals surface area contributed by atoms with Gasteiger partial charge in [-0.05, 0) is 6.92 Å². The van der Waals surface area contributed by atoms with Crippen LogP contribution in [0.3, 0.4) is 0 Å². The molecule has 0 saturated carbocycles. The first-order chi connectivity index (χ1) is 5.22. The van der Waals surface area contributed by atoms with Gasteiger partial charge in [0, 0.05) is 25.8 Å². The fraction of sp³-hybridized carbons (Fsp3) is 0.889. The van der Waals surface area contributed by atoms with E-state index >= 15 is 0 Å². The van der Waals surface area contributed by atoms with Crippen LogP contribution in [-0.4, -0.2) is 36.7 Å². The van der Waals surface area contributed by atoms with E-state index < -0.39 is 0 Å². The number of nitrogens with two attached hydrogens (primary N) is 1. The lowest BCUT2D eigenvalue weighted by Gasteiger charge is -2.41. The lowest BCUT2D eigenvalue weighted by molar-refractivity contribution is -0.926. The zero-order chi connectivity index (χ0) is 8.32. The summed E-state index contributed by atoms with van der Waals surface area (Å²) in [5, 5.41) is 0. The average molecular weight is 156 g/mol. The van der Waals surface area contributed by atoms with Crippen molar-refractivity contribution in [1.29, 1.82) is 0 Å². The molecule has 1 fully saturated rings. The molecule has 0 amide bonds. The van der Waals surface area contributed by atoms with E-state index in [0.717, 1.165) is 6.54 Å². The quantitative estimate of drug-likeness (QED) is 0.587. The van der Waals surface area contributed by atoms with Gasteiger partial charge in [0.05, 0.1) is 26.2 Å². The molecule has 11 heavy (non-hydrogen) atoms. The van der Waals surface area contributed by atoms with Gasteiger partial charge < -0.3 is 10.2 Å². The van der Waals surface area contributed by atoms with Crippen LogP contribution in [0.25, 0.3) is 0 Å². The maximum absolute atomic E-state index is 5.83. The Morgan fingerprint density at radius 1 is 1.45 bits per heavy atom. The van der Waals surface area contributed by atoms with Gasteiger partial charge in [-0.25, -0.2) is 0 Å². The van der Waals surface area contributed by atoms with E-state index in [0.29, 0.717) is 6.04 Å². The van der Waals surface area contributed by atoms with Gasteiger partial charge in [-0.2, -0.15) is 0 Å². The second-order valence-corrected chi connectivity index (χ2v) is 3.67. The molecule has 0 spiro atoms. The van der Waals surface area contributed by atoms with E-state index in [4.69, 9.17) is 5.73 Å². The standard InChI is InChI=1S/C9H20N2/c1-3-11(4-2)7-5-9(10)6-8-11/h9H,1,3-8,10H2,2H3/q+1. The highest BCUT2D eigenvalue weighted by Crippen LogP contribution is 2.16. The van der Waals surface area contributed by atoms with Gasteiger partial charge in [0.25, 0.3) is 0 Å². The molecule has 0 aromatic carbocycles. The largest absolute Gasteiger partial charge is 0.327 e. The lowest BCUT2D eigenvalue weighted by atomic mass is 10.0. The van der Waals surface area contributed by atoms with Crippen LogP contribution in [-0.2, 0) is 0 Å². The van der Waals surface area contributed by atoms with Gasteiger partial charge in [0.1, 0.15) is 0 Å². The molecule has 1 saturated heterocycles. The minimum Gasteiger partial charge on any atom is -0.327 e. The normalized spacial score (nSPS) is 25.4. The number of nitrogens with zero attached hydrogens (tertiary/aromatic N) is 1. The molecule has 0 aromatic rings. The molecule has 0 bridgehead atoms. The van der Waals surface area contributed by atoms with Crippen molar-refractivity contribution in [1.82, 2.24) is 0 Å². The monoisotopic (exact) mass is 156 g/mol. The molecular formula is C9H20N2+.